The minimum Gasteiger partial charge on any atom is -0.359 e. The molecule has 1 fully saturated rings. The van der Waals surface area contributed by atoms with E-state index in [1.165, 1.54) is 0 Å². The summed E-state index contributed by atoms with van der Waals surface area (Å²) in [6.07, 6.45) is 3.46. The smallest absolute Gasteiger partial charge is 0.241 e. The first-order valence-electron chi connectivity index (χ1n) is 7.17. The van der Waals surface area contributed by atoms with E-state index in [0.29, 0.717) is 22.0 Å². The standard InChI is InChI=1S/C16H16ClN3O2/c17-10-5-6-12(20-16(22)14-4-2-8-19-14)11(9-10)15(21)13-3-1-7-18-13/h1,3,5-7,9,14,18-19H,2,4,8H2,(H,20,22)/t14-/m0/s1. The number of H-pyrrole nitrogens is 1. The van der Waals surface area contributed by atoms with Crippen LogP contribution in [0.5, 0.6) is 0 Å². The Labute approximate surface area is 133 Å². The van der Waals surface area contributed by atoms with Crippen molar-refractivity contribution in [3.8, 4) is 0 Å². The molecule has 2 heterocycles. The summed E-state index contributed by atoms with van der Waals surface area (Å²) in [6, 6.07) is 8.12. The third kappa shape index (κ3) is 3.05. The summed E-state index contributed by atoms with van der Waals surface area (Å²) in [5, 5.41) is 6.41. The van der Waals surface area contributed by atoms with E-state index in [9.17, 15) is 9.59 Å². The van der Waals surface area contributed by atoms with Crippen molar-refractivity contribution < 1.29 is 9.59 Å². The molecule has 3 rings (SSSR count). The Hall–Kier alpha value is -2.11. The minimum atomic E-state index is -0.206. The van der Waals surface area contributed by atoms with Gasteiger partial charge in [-0.15, -0.1) is 0 Å². The monoisotopic (exact) mass is 317 g/mol. The van der Waals surface area contributed by atoms with Crippen LogP contribution in [0.3, 0.4) is 0 Å². The summed E-state index contributed by atoms with van der Waals surface area (Å²) in [4.78, 5) is 27.6. The van der Waals surface area contributed by atoms with Crippen LogP contribution in [0.1, 0.15) is 28.9 Å². The maximum Gasteiger partial charge on any atom is 0.241 e. The Morgan fingerprint density at radius 1 is 1.27 bits per heavy atom. The predicted molar refractivity (Wildman–Crippen MR) is 85.3 cm³/mol. The largest absolute Gasteiger partial charge is 0.359 e. The molecule has 0 unspecified atom stereocenters. The Morgan fingerprint density at radius 3 is 2.82 bits per heavy atom. The molecule has 22 heavy (non-hydrogen) atoms. The van der Waals surface area contributed by atoms with Gasteiger partial charge in [0, 0.05) is 16.8 Å². The van der Waals surface area contributed by atoms with Crippen LogP contribution in [0.15, 0.2) is 36.5 Å². The highest BCUT2D eigenvalue weighted by molar-refractivity contribution is 6.31. The fourth-order valence-corrected chi connectivity index (χ4v) is 2.73. The first-order valence-corrected chi connectivity index (χ1v) is 7.55. The maximum atomic E-state index is 12.5. The summed E-state index contributed by atoms with van der Waals surface area (Å²) >= 11 is 6.00. The fraction of sp³-hybridized carbons (Fsp3) is 0.250. The SMILES string of the molecule is O=C(c1ccc[nH]1)c1cc(Cl)ccc1NC(=O)[C@@H]1CCCN1. The summed E-state index contributed by atoms with van der Waals surface area (Å²) < 4.78 is 0. The van der Waals surface area contributed by atoms with Crippen LogP contribution in [0.4, 0.5) is 5.69 Å². The number of carbonyl (C=O) groups is 2. The Bertz CT molecular complexity index is 691. The number of aromatic amines is 1. The molecule has 0 spiro atoms. The third-order valence-electron chi connectivity index (χ3n) is 3.70. The molecule has 0 bridgehead atoms. The number of benzene rings is 1. The van der Waals surface area contributed by atoms with E-state index in [1.54, 1.807) is 36.5 Å². The van der Waals surface area contributed by atoms with Gasteiger partial charge in [0.05, 0.1) is 17.4 Å². The van der Waals surface area contributed by atoms with Crippen molar-refractivity contribution in [3.63, 3.8) is 0 Å². The van der Waals surface area contributed by atoms with Gasteiger partial charge in [-0.3, -0.25) is 9.59 Å². The minimum absolute atomic E-state index is 0.125. The van der Waals surface area contributed by atoms with Gasteiger partial charge in [0.1, 0.15) is 0 Å². The number of halogens is 1. The lowest BCUT2D eigenvalue weighted by Gasteiger charge is -2.14. The molecule has 6 heteroatoms. The van der Waals surface area contributed by atoms with Gasteiger partial charge in [-0.2, -0.15) is 0 Å². The van der Waals surface area contributed by atoms with Gasteiger partial charge >= 0.3 is 0 Å². The number of ketones is 1. The molecule has 0 aliphatic carbocycles. The van der Waals surface area contributed by atoms with Crippen LogP contribution in [-0.2, 0) is 4.79 Å². The quantitative estimate of drug-likeness (QED) is 0.759. The number of hydrogen-bond acceptors (Lipinski definition) is 3. The zero-order valence-electron chi connectivity index (χ0n) is 11.9. The molecule has 1 atom stereocenters. The van der Waals surface area contributed by atoms with Gasteiger partial charge in [-0.1, -0.05) is 11.6 Å². The maximum absolute atomic E-state index is 12.5. The van der Waals surface area contributed by atoms with Gasteiger partial charge in [-0.25, -0.2) is 0 Å². The van der Waals surface area contributed by atoms with E-state index >= 15 is 0 Å². The first kappa shape index (κ1) is 14.8. The van der Waals surface area contributed by atoms with Crippen molar-refractivity contribution in [1.82, 2.24) is 10.3 Å². The molecule has 114 valence electrons. The Balaban J connectivity index is 1.87. The molecular weight excluding hydrogens is 302 g/mol. The number of hydrogen-bond donors (Lipinski definition) is 3. The van der Waals surface area contributed by atoms with Crippen LogP contribution in [0.2, 0.25) is 5.02 Å². The molecule has 1 aliphatic rings. The molecule has 1 aliphatic heterocycles. The number of nitrogens with one attached hydrogen (secondary N) is 3. The zero-order valence-corrected chi connectivity index (χ0v) is 12.6. The van der Waals surface area contributed by atoms with Crippen molar-refractivity contribution in [1.29, 1.82) is 0 Å². The highest BCUT2D eigenvalue weighted by Crippen LogP contribution is 2.24. The molecular formula is C16H16ClN3O2. The highest BCUT2D eigenvalue weighted by Gasteiger charge is 2.24. The normalized spacial score (nSPS) is 17.4. The summed E-state index contributed by atoms with van der Waals surface area (Å²) in [7, 11) is 0. The van der Waals surface area contributed by atoms with Crippen LogP contribution < -0.4 is 10.6 Å². The summed E-state index contributed by atoms with van der Waals surface area (Å²) in [6.45, 7) is 0.840. The molecule has 1 aromatic carbocycles. The van der Waals surface area contributed by atoms with Gasteiger partial charge < -0.3 is 15.6 Å². The molecule has 1 saturated heterocycles. The predicted octanol–water partition coefficient (Wildman–Crippen LogP) is 2.59. The van der Waals surface area contributed by atoms with Gasteiger partial charge in [0.2, 0.25) is 11.7 Å². The van der Waals surface area contributed by atoms with Crippen molar-refractivity contribution in [3.05, 3.63) is 52.8 Å². The van der Waals surface area contributed by atoms with Crippen LogP contribution in [0.25, 0.3) is 0 Å². The van der Waals surface area contributed by atoms with Crippen molar-refractivity contribution in [2.45, 2.75) is 18.9 Å². The van der Waals surface area contributed by atoms with E-state index in [4.69, 9.17) is 11.6 Å². The lowest BCUT2D eigenvalue weighted by molar-refractivity contribution is -0.117. The average molecular weight is 318 g/mol. The Kier molecular flexibility index (Phi) is 4.27. The number of amides is 1. The highest BCUT2D eigenvalue weighted by atomic mass is 35.5. The molecule has 1 amide bonds. The second kappa shape index (κ2) is 6.34. The molecule has 0 saturated carbocycles. The summed E-state index contributed by atoms with van der Waals surface area (Å²) in [5.74, 6) is -0.331. The molecule has 0 radical (unpaired) electrons. The Morgan fingerprint density at radius 2 is 2.14 bits per heavy atom. The molecule has 1 aromatic heterocycles. The zero-order chi connectivity index (χ0) is 15.5. The first-order chi connectivity index (χ1) is 10.6. The van der Waals surface area contributed by atoms with Crippen LogP contribution in [-0.4, -0.2) is 29.3 Å². The number of carbonyl (C=O) groups excluding carboxylic acids is 2. The summed E-state index contributed by atoms with van der Waals surface area (Å²) in [5.41, 5.74) is 1.31. The van der Waals surface area contributed by atoms with Crippen molar-refractivity contribution >= 4 is 29.0 Å². The van der Waals surface area contributed by atoms with E-state index in [-0.39, 0.29) is 17.7 Å². The third-order valence-corrected chi connectivity index (χ3v) is 3.94. The number of rotatable bonds is 4. The number of anilines is 1. The van der Waals surface area contributed by atoms with Gasteiger partial charge in [0.25, 0.3) is 0 Å². The van der Waals surface area contributed by atoms with Crippen molar-refractivity contribution in [2.75, 3.05) is 11.9 Å². The van der Waals surface area contributed by atoms with Gasteiger partial charge in [-0.05, 0) is 49.7 Å². The van der Waals surface area contributed by atoms with E-state index in [2.05, 4.69) is 15.6 Å². The van der Waals surface area contributed by atoms with Gasteiger partial charge in [0.15, 0.2) is 0 Å². The number of aromatic nitrogens is 1. The molecule has 2 aromatic rings. The molecule has 3 N–H and O–H groups in total. The second-order valence-electron chi connectivity index (χ2n) is 5.24. The van der Waals surface area contributed by atoms with E-state index in [0.717, 1.165) is 19.4 Å². The topological polar surface area (TPSA) is 74.0 Å². The van der Waals surface area contributed by atoms with E-state index in [1.807, 2.05) is 0 Å². The van der Waals surface area contributed by atoms with Crippen molar-refractivity contribution in [2.24, 2.45) is 0 Å². The van der Waals surface area contributed by atoms with E-state index < -0.39 is 0 Å². The second-order valence-corrected chi connectivity index (χ2v) is 5.68. The van der Waals surface area contributed by atoms with Crippen LogP contribution >= 0.6 is 11.6 Å². The molecule has 5 nitrogen and oxygen atoms in total. The van der Waals surface area contributed by atoms with Crippen LogP contribution in [0, 0.1) is 0 Å². The lowest BCUT2D eigenvalue weighted by Crippen LogP contribution is -2.35. The average Bonchev–Trinajstić information content (AvgIpc) is 3.21. The lowest BCUT2D eigenvalue weighted by atomic mass is 10.1. The fourth-order valence-electron chi connectivity index (χ4n) is 2.56.